The number of hydrogen-bond donors (Lipinski definition) is 0. The quantitative estimate of drug-likeness (QED) is 0.501. The molecule has 1 aliphatic rings. The fourth-order valence-electron chi connectivity index (χ4n) is 2.78. The van der Waals surface area contributed by atoms with Crippen molar-refractivity contribution in [2.75, 3.05) is 0 Å². The standard InChI is InChI=1S/C18H10ClF2N3O3/c19-18(20,21)17-22-14(23-27-17)11-7-5-10(6-8-11)9-24-15(25)12-3-1-2-4-13(12)16(24)26/h1-8H,9H2. The van der Waals surface area contributed by atoms with Crippen LogP contribution in [-0.4, -0.2) is 26.9 Å². The van der Waals surface area contributed by atoms with Gasteiger partial charge in [-0.05, 0) is 29.3 Å². The van der Waals surface area contributed by atoms with E-state index < -0.39 is 11.3 Å². The second-order valence-electron chi connectivity index (χ2n) is 5.86. The second-order valence-corrected chi connectivity index (χ2v) is 6.33. The van der Waals surface area contributed by atoms with Crippen molar-refractivity contribution in [3.63, 3.8) is 0 Å². The molecule has 0 radical (unpaired) electrons. The molecule has 0 bridgehead atoms. The summed E-state index contributed by atoms with van der Waals surface area (Å²) in [7, 11) is 0. The van der Waals surface area contributed by atoms with E-state index >= 15 is 0 Å². The predicted molar refractivity (Wildman–Crippen MR) is 90.1 cm³/mol. The number of carbonyl (C=O) groups excluding carboxylic acids is 2. The molecule has 2 aromatic carbocycles. The number of alkyl halides is 3. The van der Waals surface area contributed by atoms with Gasteiger partial charge in [-0.2, -0.15) is 13.8 Å². The summed E-state index contributed by atoms with van der Waals surface area (Å²) >= 11 is 4.85. The van der Waals surface area contributed by atoms with E-state index in [1.54, 1.807) is 48.5 Å². The zero-order valence-corrected chi connectivity index (χ0v) is 14.3. The van der Waals surface area contributed by atoms with E-state index in [0.717, 1.165) is 4.90 Å². The van der Waals surface area contributed by atoms with Crippen molar-refractivity contribution in [2.45, 2.75) is 11.9 Å². The highest BCUT2D eigenvalue weighted by Gasteiger charge is 2.36. The lowest BCUT2D eigenvalue weighted by molar-refractivity contribution is 0.0550. The summed E-state index contributed by atoms with van der Waals surface area (Å²) in [5, 5.41) is -0.272. The maximum absolute atomic E-state index is 13.0. The molecule has 3 aromatic rings. The molecular formula is C18H10ClF2N3O3. The molecule has 2 heterocycles. The second kappa shape index (κ2) is 6.24. The van der Waals surface area contributed by atoms with Crippen LogP contribution in [0.1, 0.15) is 32.2 Å². The fourth-order valence-corrected chi connectivity index (χ4v) is 2.86. The van der Waals surface area contributed by atoms with E-state index in [1.807, 2.05) is 0 Å². The van der Waals surface area contributed by atoms with Gasteiger partial charge in [0, 0.05) is 5.56 Å². The Morgan fingerprint density at radius 3 is 2.11 bits per heavy atom. The summed E-state index contributed by atoms with van der Waals surface area (Å²) in [6, 6.07) is 13.1. The van der Waals surface area contributed by atoms with Gasteiger partial charge in [0.15, 0.2) is 0 Å². The Balaban J connectivity index is 1.53. The molecule has 0 atom stereocenters. The zero-order valence-electron chi connectivity index (χ0n) is 13.5. The van der Waals surface area contributed by atoms with Crippen LogP contribution in [-0.2, 0) is 11.9 Å². The SMILES string of the molecule is O=C1c2ccccc2C(=O)N1Cc1ccc(-c2noc(C(F)(F)Cl)n2)cc1. The van der Waals surface area contributed by atoms with Crippen molar-refractivity contribution < 1.29 is 22.9 Å². The summed E-state index contributed by atoms with van der Waals surface area (Å²) in [4.78, 5) is 29.5. The largest absolute Gasteiger partial charge is 0.400 e. The van der Waals surface area contributed by atoms with Gasteiger partial charge in [-0.25, -0.2) is 0 Å². The molecule has 0 aliphatic carbocycles. The molecule has 136 valence electrons. The third kappa shape index (κ3) is 3.08. The average molecular weight is 390 g/mol. The van der Waals surface area contributed by atoms with Crippen LogP contribution in [0.15, 0.2) is 53.1 Å². The van der Waals surface area contributed by atoms with E-state index in [2.05, 4.69) is 14.7 Å². The number of aromatic nitrogens is 2. The van der Waals surface area contributed by atoms with E-state index in [0.29, 0.717) is 22.3 Å². The van der Waals surface area contributed by atoms with Crippen LogP contribution in [0.3, 0.4) is 0 Å². The normalized spacial score (nSPS) is 14.0. The first-order valence-corrected chi connectivity index (χ1v) is 8.18. The highest BCUT2D eigenvalue weighted by atomic mass is 35.5. The third-order valence-corrected chi connectivity index (χ3v) is 4.26. The van der Waals surface area contributed by atoms with E-state index in [1.165, 1.54) is 0 Å². The number of amides is 2. The minimum absolute atomic E-state index is 0.0439. The van der Waals surface area contributed by atoms with Gasteiger partial charge in [0.2, 0.25) is 5.82 Å². The van der Waals surface area contributed by atoms with Crippen molar-refractivity contribution in [3.05, 3.63) is 71.1 Å². The highest BCUT2D eigenvalue weighted by Crippen LogP contribution is 2.32. The van der Waals surface area contributed by atoms with E-state index in [-0.39, 0.29) is 24.2 Å². The van der Waals surface area contributed by atoms with Gasteiger partial charge in [-0.3, -0.25) is 14.5 Å². The minimum Gasteiger partial charge on any atom is -0.331 e. The van der Waals surface area contributed by atoms with Gasteiger partial charge in [0.05, 0.1) is 17.7 Å². The Morgan fingerprint density at radius 1 is 1.00 bits per heavy atom. The van der Waals surface area contributed by atoms with Crippen molar-refractivity contribution in [2.24, 2.45) is 0 Å². The summed E-state index contributed by atoms with van der Waals surface area (Å²) in [6.07, 6.45) is 0. The maximum atomic E-state index is 13.0. The van der Waals surface area contributed by atoms with Crippen molar-refractivity contribution in [1.29, 1.82) is 0 Å². The summed E-state index contributed by atoms with van der Waals surface area (Å²) in [6.45, 7) is 0.0872. The van der Waals surface area contributed by atoms with Crippen LogP contribution in [0.25, 0.3) is 11.4 Å². The maximum Gasteiger partial charge on any atom is 0.400 e. The van der Waals surface area contributed by atoms with E-state index in [9.17, 15) is 18.4 Å². The molecule has 4 rings (SSSR count). The lowest BCUT2D eigenvalue weighted by Crippen LogP contribution is -2.29. The fraction of sp³-hybridized carbons (Fsp3) is 0.111. The number of halogens is 3. The number of rotatable bonds is 4. The molecule has 0 saturated carbocycles. The molecule has 2 amide bonds. The van der Waals surface area contributed by atoms with Crippen LogP contribution in [0, 0.1) is 0 Å². The Kier molecular flexibility index (Phi) is 4.00. The topological polar surface area (TPSA) is 76.3 Å². The molecular weight excluding hydrogens is 380 g/mol. The van der Waals surface area contributed by atoms with Crippen LogP contribution in [0.5, 0.6) is 0 Å². The molecule has 0 N–H and O–H groups in total. The monoisotopic (exact) mass is 389 g/mol. The van der Waals surface area contributed by atoms with Crippen LogP contribution < -0.4 is 0 Å². The van der Waals surface area contributed by atoms with Crippen molar-refractivity contribution >= 4 is 23.4 Å². The molecule has 1 aromatic heterocycles. The first-order valence-electron chi connectivity index (χ1n) is 7.80. The number of hydrogen-bond acceptors (Lipinski definition) is 5. The molecule has 9 heteroatoms. The van der Waals surface area contributed by atoms with Gasteiger partial charge < -0.3 is 4.52 Å². The number of nitrogens with zero attached hydrogens (tertiary/aromatic N) is 3. The molecule has 1 aliphatic heterocycles. The van der Waals surface area contributed by atoms with Gasteiger partial charge in [-0.15, -0.1) is 0 Å². The Hall–Kier alpha value is -3.13. The number of fused-ring (bicyclic) bond motifs is 1. The first kappa shape index (κ1) is 17.3. The van der Waals surface area contributed by atoms with Gasteiger partial charge in [0.1, 0.15) is 0 Å². The minimum atomic E-state index is -3.74. The molecule has 0 saturated heterocycles. The number of benzene rings is 2. The Bertz CT molecular complexity index is 1010. The molecule has 27 heavy (non-hydrogen) atoms. The highest BCUT2D eigenvalue weighted by molar-refractivity contribution is 6.21. The van der Waals surface area contributed by atoms with E-state index in [4.69, 9.17) is 11.6 Å². The third-order valence-electron chi connectivity index (χ3n) is 4.10. The van der Waals surface area contributed by atoms with Crippen molar-refractivity contribution in [1.82, 2.24) is 15.0 Å². The Labute approximate surface area is 156 Å². The summed E-state index contributed by atoms with van der Waals surface area (Å²) in [5.41, 5.74) is 1.86. The lowest BCUT2D eigenvalue weighted by Gasteiger charge is -2.13. The number of imide groups is 1. The molecule has 6 nitrogen and oxygen atoms in total. The smallest absolute Gasteiger partial charge is 0.331 e. The van der Waals surface area contributed by atoms with Crippen LogP contribution in [0.2, 0.25) is 0 Å². The molecule has 0 fully saturated rings. The summed E-state index contributed by atoms with van der Waals surface area (Å²) in [5.74, 6) is -1.74. The summed E-state index contributed by atoms with van der Waals surface area (Å²) < 4.78 is 30.4. The van der Waals surface area contributed by atoms with Crippen molar-refractivity contribution in [3.8, 4) is 11.4 Å². The van der Waals surface area contributed by atoms with Crippen LogP contribution in [0.4, 0.5) is 8.78 Å². The van der Waals surface area contributed by atoms with Crippen LogP contribution >= 0.6 is 11.6 Å². The number of carbonyl (C=O) groups is 2. The molecule has 0 unspecified atom stereocenters. The average Bonchev–Trinajstić information content (AvgIpc) is 3.23. The predicted octanol–water partition coefficient (Wildman–Crippen LogP) is 3.82. The van der Waals surface area contributed by atoms with Gasteiger partial charge in [0.25, 0.3) is 11.8 Å². The lowest BCUT2D eigenvalue weighted by atomic mass is 10.1. The molecule has 0 spiro atoms. The Morgan fingerprint density at radius 2 is 1.59 bits per heavy atom. The first-order chi connectivity index (χ1) is 12.8. The van der Waals surface area contributed by atoms with Gasteiger partial charge in [-0.1, -0.05) is 41.6 Å². The zero-order chi connectivity index (χ0) is 19.2. The van der Waals surface area contributed by atoms with Gasteiger partial charge >= 0.3 is 11.3 Å².